The number of halogens is 1. The number of aliphatic imine (C=N–C) groups is 1. The van der Waals surface area contributed by atoms with Crippen molar-refractivity contribution in [2.75, 3.05) is 52.5 Å². The number of morpholine rings is 1. The van der Waals surface area contributed by atoms with Gasteiger partial charge in [-0.2, -0.15) is 0 Å². The van der Waals surface area contributed by atoms with E-state index < -0.39 is 0 Å². The summed E-state index contributed by atoms with van der Waals surface area (Å²) in [5, 5.41) is 5.45. The molecule has 1 atom stereocenters. The molecule has 0 bridgehead atoms. The number of nitrogens with one attached hydrogen (secondary N) is 2. The lowest BCUT2D eigenvalue weighted by atomic mass is 10.1. The Balaban J connectivity index is 1.38. The highest BCUT2D eigenvalue weighted by atomic mass is 35.5. The van der Waals surface area contributed by atoms with E-state index in [4.69, 9.17) is 21.3 Å². The summed E-state index contributed by atoms with van der Waals surface area (Å²) < 4.78 is 5.50. The van der Waals surface area contributed by atoms with E-state index in [1.54, 1.807) is 0 Å². The zero-order valence-corrected chi connectivity index (χ0v) is 17.3. The molecule has 1 unspecified atom stereocenters. The van der Waals surface area contributed by atoms with Crippen molar-refractivity contribution in [3.05, 3.63) is 35.0 Å². The van der Waals surface area contributed by atoms with Gasteiger partial charge in [-0.3, -0.25) is 9.89 Å². The van der Waals surface area contributed by atoms with Gasteiger partial charge in [0, 0.05) is 67.4 Å². The highest BCUT2D eigenvalue weighted by molar-refractivity contribution is 6.31. The number of likely N-dealkylation sites (tertiary alicyclic amines) is 1. The summed E-state index contributed by atoms with van der Waals surface area (Å²) in [6, 6.07) is 6.60. The molecule has 3 heterocycles. The van der Waals surface area contributed by atoms with Crippen LogP contribution in [-0.2, 0) is 11.2 Å². The summed E-state index contributed by atoms with van der Waals surface area (Å²) in [6.45, 7) is 9.72. The van der Waals surface area contributed by atoms with E-state index in [9.17, 15) is 0 Å². The number of H-pyrrole nitrogens is 1. The van der Waals surface area contributed by atoms with Crippen LogP contribution in [0.15, 0.2) is 29.4 Å². The van der Waals surface area contributed by atoms with Crippen LogP contribution in [0.1, 0.15) is 18.9 Å². The summed E-state index contributed by atoms with van der Waals surface area (Å²) in [7, 11) is 0. The lowest BCUT2D eigenvalue weighted by Gasteiger charge is -2.32. The van der Waals surface area contributed by atoms with Gasteiger partial charge < -0.3 is 19.9 Å². The maximum absolute atomic E-state index is 6.17. The van der Waals surface area contributed by atoms with Gasteiger partial charge in [0.05, 0.1) is 13.2 Å². The fourth-order valence-corrected chi connectivity index (χ4v) is 4.41. The normalized spacial score (nSPS) is 21.6. The third-order valence-corrected chi connectivity index (χ3v) is 5.97. The molecule has 1 aromatic heterocycles. The molecule has 0 saturated carbocycles. The maximum atomic E-state index is 6.17. The van der Waals surface area contributed by atoms with Gasteiger partial charge in [0.25, 0.3) is 0 Å². The first kappa shape index (κ1) is 19.6. The number of guanidine groups is 1. The van der Waals surface area contributed by atoms with Gasteiger partial charge >= 0.3 is 0 Å². The minimum absolute atomic E-state index is 0.614. The van der Waals surface area contributed by atoms with Crippen molar-refractivity contribution in [2.24, 2.45) is 4.99 Å². The molecule has 2 fully saturated rings. The minimum Gasteiger partial charge on any atom is -0.379 e. The second kappa shape index (κ2) is 9.16. The molecule has 0 radical (unpaired) electrons. The lowest BCUT2D eigenvalue weighted by Crippen LogP contribution is -2.46. The molecule has 7 heteroatoms. The summed E-state index contributed by atoms with van der Waals surface area (Å²) in [4.78, 5) is 13.2. The second-order valence-electron chi connectivity index (χ2n) is 7.53. The van der Waals surface area contributed by atoms with Gasteiger partial charge in [0.15, 0.2) is 5.96 Å². The molecule has 2 aliphatic heterocycles. The fraction of sp³-hybridized carbons (Fsp3) is 0.571. The summed E-state index contributed by atoms with van der Waals surface area (Å²) >= 11 is 6.17. The molecule has 0 aliphatic carbocycles. The number of benzene rings is 1. The first-order chi connectivity index (χ1) is 13.7. The molecular formula is C21H30ClN5O. The summed E-state index contributed by atoms with van der Waals surface area (Å²) in [6.07, 6.45) is 4.18. The standard InChI is InChI=1S/C21H30ClN5O/c1-2-23-21(27-8-6-18(15-27)26-9-11-28-12-10-26)24-7-5-16-14-25-20-4-3-17(22)13-19(16)20/h3-4,13-14,18,25H,2,5-12,15H2,1H3,(H,23,24). The average molecular weight is 404 g/mol. The van der Waals surface area contributed by atoms with Crippen molar-refractivity contribution in [2.45, 2.75) is 25.8 Å². The van der Waals surface area contributed by atoms with Crippen molar-refractivity contribution in [1.82, 2.24) is 20.1 Å². The quantitative estimate of drug-likeness (QED) is 0.595. The summed E-state index contributed by atoms with van der Waals surface area (Å²) in [5.74, 6) is 1.04. The van der Waals surface area contributed by atoms with Crippen LogP contribution in [0.25, 0.3) is 10.9 Å². The number of hydrogen-bond acceptors (Lipinski definition) is 3. The zero-order chi connectivity index (χ0) is 19.3. The van der Waals surface area contributed by atoms with Crippen LogP contribution in [0.3, 0.4) is 0 Å². The highest BCUT2D eigenvalue weighted by Gasteiger charge is 2.30. The Morgan fingerprint density at radius 2 is 2.18 bits per heavy atom. The SMILES string of the molecule is CCNC(=NCCc1c[nH]c2ccc(Cl)cc12)N1CCC(N2CCOCC2)C1. The number of nitrogens with zero attached hydrogens (tertiary/aromatic N) is 3. The lowest BCUT2D eigenvalue weighted by molar-refractivity contribution is 0.0195. The van der Waals surface area contributed by atoms with Crippen LogP contribution >= 0.6 is 11.6 Å². The maximum Gasteiger partial charge on any atom is 0.193 e. The van der Waals surface area contributed by atoms with E-state index in [1.165, 1.54) is 17.4 Å². The van der Waals surface area contributed by atoms with E-state index in [-0.39, 0.29) is 0 Å². The van der Waals surface area contributed by atoms with Gasteiger partial charge in [0.2, 0.25) is 0 Å². The van der Waals surface area contributed by atoms with Gasteiger partial charge in [-0.1, -0.05) is 11.6 Å². The molecule has 0 spiro atoms. The molecule has 2 aromatic rings. The van der Waals surface area contributed by atoms with Crippen molar-refractivity contribution >= 4 is 28.5 Å². The molecule has 0 amide bonds. The summed E-state index contributed by atoms with van der Waals surface area (Å²) in [5.41, 5.74) is 2.40. The van der Waals surface area contributed by atoms with E-state index in [0.29, 0.717) is 6.04 Å². The first-order valence-electron chi connectivity index (χ1n) is 10.3. The average Bonchev–Trinajstić information content (AvgIpc) is 3.35. The number of aromatic amines is 1. The molecule has 2 N–H and O–H groups in total. The third-order valence-electron chi connectivity index (χ3n) is 5.73. The number of ether oxygens (including phenoxy) is 1. The molecule has 28 heavy (non-hydrogen) atoms. The van der Waals surface area contributed by atoms with E-state index in [1.807, 2.05) is 18.2 Å². The van der Waals surface area contributed by atoms with Gasteiger partial charge in [-0.15, -0.1) is 0 Å². The molecule has 4 rings (SSSR count). The number of hydrogen-bond donors (Lipinski definition) is 2. The second-order valence-corrected chi connectivity index (χ2v) is 7.96. The Hall–Kier alpha value is -1.76. The van der Waals surface area contributed by atoms with Crippen molar-refractivity contribution < 1.29 is 4.74 Å². The van der Waals surface area contributed by atoms with Gasteiger partial charge in [0.1, 0.15) is 0 Å². The molecule has 6 nitrogen and oxygen atoms in total. The largest absolute Gasteiger partial charge is 0.379 e. The van der Waals surface area contributed by atoms with Crippen LogP contribution in [0.4, 0.5) is 0 Å². The van der Waals surface area contributed by atoms with Crippen molar-refractivity contribution in [3.63, 3.8) is 0 Å². The molecule has 2 aliphatic rings. The topological polar surface area (TPSA) is 55.9 Å². The Kier molecular flexibility index (Phi) is 6.40. The Morgan fingerprint density at radius 1 is 1.32 bits per heavy atom. The Bertz CT molecular complexity index is 814. The Labute approximate surface area is 171 Å². The number of aromatic nitrogens is 1. The van der Waals surface area contributed by atoms with E-state index in [2.05, 4.69) is 33.2 Å². The van der Waals surface area contributed by atoms with Crippen LogP contribution in [0.5, 0.6) is 0 Å². The molecule has 2 saturated heterocycles. The van der Waals surface area contributed by atoms with Crippen LogP contribution in [0, 0.1) is 0 Å². The highest BCUT2D eigenvalue weighted by Crippen LogP contribution is 2.23. The van der Waals surface area contributed by atoms with Gasteiger partial charge in [-0.05, 0) is 43.5 Å². The smallest absolute Gasteiger partial charge is 0.193 e. The number of rotatable bonds is 5. The van der Waals surface area contributed by atoms with Crippen LogP contribution in [-0.4, -0.2) is 79.3 Å². The van der Waals surface area contributed by atoms with Gasteiger partial charge in [-0.25, -0.2) is 0 Å². The van der Waals surface area contributed by atoms with Crippen molar-refractivity contribution in [3.8, 4) is 0 Å². The number of fused-ring (bicyclic) bond motifs is 1. The Morgan fingerprint density at radius 3 is 3.00 bits per heavy atom. The zero-order valence-electron chi connectivity index (χ0n) is 16.6. The fourth-order valence-electron chi connectivity index (χ4n) is 4.24. The minimum atomic E-state index is 0.614. The molecule has 152 valence electrons. The monoisotopic (exact) mass is 403 g/mol. The van der Waals surface area contributed by atoms with E-state index in [0.717, 1.165) is 75.4 Å². The predicted molar refractivity (Wildman–Crippen MR) is 115 cm³/mol. The molecule has 1 aromatic carbocycles. The van der Waals surface area contributed by atoms with Crippen molar-refractivity contribution in [1.29, 1.82) is 0 Å². The van der Waals surface area contributed by atoms with Crippen LogP contribution < -0.4 is 5.32 Å². The van der Waals surface area contributed by atoms with Crippen LogP contribution in [0.2, 0.25) is 5.02 Å². The third kappa shape index (κ3) is 4.45. The predicted octanol–water partition coefficient (Wildman–Crippen LogP) is 2.74. The first-order valence-corrected chi connectivity index (χ1v) is 10.7. The van der Waals surface area contributed by atoms with E-state index >= 15 is 0 Å². The molecular weight excluding hydrogens is 374 g/mol.